The third-order valence-electron chi connectivity index (χ3n) is 5.79. The molecular weight excluding hydrogens is 390 g/mol. The summed E-state index contributed by atoms with van der Waals surface area (Å²) in [6, 6.07) is 9.91. The average molecular weight is 422 g/mol. The molecule has 0 saturated heterocycles. The Morgan fingerprint density at radius 2 is 1.77 bits per heavy atom. The summed E-state index contributed by atoms with van der Waals surface area (Å²) in [5, 5.41) is 0. The molecule has 6 heteroatoms. The Kier molecular flexibility index (Phi) is 7.58. The molecule has 0 saturated carbocycles. The van der Waals surface area contributed by atoms with E-state index in [1.807, 2.05) is 56.0 Å². The zero-order chi connectivity index (χ0) is 22.4. The van der Waals surface area contributed by atoms with Gasteiger partial charge in [-0.2, -0.15) is 0 Å². The van der Waals surface area contributed by atoms with Crippen molar-refractivity contribution in [1.29, 1.82) is 0 Å². The molecule has 164 valence electrons. The van der Waals surface area contributed by atoms with Crippen LogP contribution in [0.3, 0.4) is 0 Å². The average Bonchev–Trinajstić information content (AvgIpc) is 3.02. The lowest BCUT2D eigenvalue weighted by Gasteiger charge is -2.25. The van der Waals surface area contributed by atoms with Gasteiger partial charge in [0.2, 0.25) is 0 Å². The summed E-state index contributed by atoms with van der Waals surface area (Å²) in [5.74, 6) is -0.437. The number of benzene rings is 1. The minimum absolute atomic E-state index is 0.217. The Morgan fingerprint density at radius 3 is 2.42 bits per heavy atom. The largest absolute Gasteiger partial charge is 0.385 e. The molecule has 31 heavy (non-hydrogen) atoms. The second kappa shape index (κ2) is 10.4. The second-order valence-electron chi connectivity index (χ2n) is 7.82. The Balaban J connectivity index is 1.97. The first-order chi connectivity index (χ1) is 15.0. The zero-order valence-electron chi connectivity index (χ0n) is 18.9. The van der Waals surface area contributed by atoms with E-state index in [1.165, 1.54) is 4.90 Å². The number of pyridine rings is 1. The maximum atomic E-state index is 13.4. The van der Waals surface area contributed by atoms with Gasteiger partial charge in [0.25, 0.3) is 11.8 Å². The number of ether oxygens (including phenoxy) is 1. The molecule has 2 amide bonds. The Morgan fingerprint density at radius 1 is 1.03 bits per heavy atom. The number of likely N-dealkylation sites (N-methyl/N-ethyl adjacent to an activating group) is 1. The molecule has 0 unspecified atom stereocenters. The van der Waals surface area contributed by atoms with Crippen LogP contribution in [0.1, 0.15) is 35.6 Å². The van der Waals surface area contributed by atoms with E-state index in [0.717, 1.165) is 28.7 Å². The van der Waals surface area contributed by atoms with Crippen molar-refractivity contribution in [3.8, 4) is 0 Å². The van der Waals surface area contributed by atoms with Crippen LogP contribution in [-0.4, -0.2) is 59.9 Å². The highest BCUT2D eigenvalue weighted by molar-refractivity contribution is 6.35. The van der Waals surface area contributed by atoms with E-state index in [4.69, 9.17) is 4.74 Å². The second-order valence-corrected chi connectivity index (χ2v) is 7.82. The van der Waals surface area contributed by atoms with Gasteiger partial charge in [-0.15, -0.1) is 0 Å². The molecule has 0 bridgehead atoms. The first-order valence-electron chi connectivity index (χ1n) is 10.8. The standard InChI is InChI=1S/C25H31N3O3/c1-5-27(15-11-20-9-12-26-13-10-20)23-22(21-8-7-18(2)19(3)17-21)24(29)28(25(23)30)14-6-16-31-4/h7-10,12-13,17H,5-6,11,14-16H2,1-4H3. The molecule has 1 aromatic carbocycles. The van der Waals surface area contributed by atoms with Crippen molar-refractivity contribution in [3.05, 3.63) is 70.7 Å². The van der Waals surface area contributed by atoms with Crippen LogP contribution in [0, 0.1) is 13.8 Å². The van der Waals surface area contributed by atoms with Crippen LogP contribution in [0.25, 0.3) is 5.57 Å². The Hall–Kier alpha value is -2.99. The highest BCUT2D eigenvalue weighted by Crippen LogP contribution is 2.32. The van der Waals surface area contributed by atoms with Crippen molar-refractivity contribution >= 4 is 17.4 Å². The summed E-state index contributed by atoms with van der Waals surface area (Å²) in [5.41, 5.74) is 5.21. The highest BCUT2D eigenvalue weighted by atomic mass is 16.5. The number of carbonyl (C=O) groups is 2. The van der Waals surface area contributed by atoms with Crippen LogP contribution in [-0.2, 0) is 20.7 Å². The van der Waals surface area contributed by atoms with Crippen molar-refractivity contribution < 1.29 is 14.3 Å². The molecule has 1 aliphatic heterocycles. The number of amides is 2. The maximum absolute atomic E-state index is 13.4. The van der Waals surface area contributed by atoms with E-state index in [0.29, 0.717) is 43.9 Å². The summed E-state index contributed by atoms with van der Waals surface area (Å²) in [6.07, 6.45) is 4.93. The summed E-state index contributed by atoms with van der Waals surface area (Å²) in [7, 11) is 1.62. The number of aryl methyl sites for hydroxylation is 2. The quantitative estimate of drug-likeness (QED) is 0.435. The van der Waals surface area contributed by atoms with E-state index in [9.17, 15) is 9.59 Å². The lowest BCUT2D eigenvalue weighted by atomic mass is 9.99. The number of hydrogen-bond donors (Lipinski definition) is 0. The number of imide groups is 1. The third kappa shape index (κ3) is 5.02. The Bertz CT molecular complexity index is 969. The van der Waals surface area contributed by atoms with Crippen molar-refractivity contribution in [2.24, 2.45) is 0 Å². The minimum Gasteiger partial charge on any atom is -0.385 e. The lowest BCUT2D eigenvalue weighted by Crippen LogP contribution is -2.36. The number of methoxy groups -OCH3 is 1. The van der Waals surface area contributed by atoms with Crippen LogP contribution in [0.5, 0.6) is 0 Å². The first kappa shape index (κ1) is 22.7. The number of rotatable bonds is 10. The molecule has 2 aromatic rings. The number of hydrogen-bond acceptors (Lipinski definition) is 5. The van der Waals surface area contributed by atoms with E-state index >= 15 is 0 Å². The topological polar surface area (TPSA) is 62.7 Å². The highest BCUT2D eigenvalue weighted by Gasteiger charge is 2.40. The maximum Gasteiger partial charge on any atom is 0.277 e. The van der Waals surface area contributed by atoms with Crippen LogP contribution in [0.4, 0.5) is 0 Å². The Labute approximate surface area is 184 Å². The van der Waals surface area contributed by atoms with E-state index in [-0.39, 0.29) is 11.8 Å². The van der Waals surface area contributed by atoms with Crippen LogP contribution in [0.15, 0.2) is 48.4 Å². The molecule has 2 heterocycles. The summed E-state index contributed by atoms with van der Waals surface area (Å²) >= 11 is 0. The monoisotopic (exact) mass is 421 g/mol. The SMILES string of the molecule is CCN(CCc1ccncc1)C1=C(c2ccc(C)c(C)c2)C(=O)N(CCCOC)C1=O. The van der Waals surface area contributed by atoms with Crippen LogP contribution in [0.2, 0.25) is 0 Å². The fourth-order valence-electron chi connectivity index (χ4n) is 3.83. The fourth-order valence-corrected chi connectivity index (χ4v) is 3.83. The molecule has 0 aliphatic carbocycles. The van der Waals surface area contributed by atoms with Gasteiger partial charge in [0.1, 0.15) is 5.70 Å². The molecule has 0 fully saturated rings. The molecule has 6 nitrogen and oxygen atoms in total. The van der Waals surface area contributed by atoms with Gasteiger partial charge in [-0.05, 0) is 68.0 Å². The smallest absolute Gasteiger partial charge is 0.277 e. The molecule has 0 atom stereocenters. The van der Waals surface area contributed by atoms with Crippen molar-refractivity contribution in [1.82, 2.24) is 14.8 Å². The normalized spacial score (nSPS) is 14.0. The number of aromatic nitrogens is 1. The molecule has 0 N–H and O–H groups in total. The molecule has 1 aliphatic rings. The summed E-state index contributed by atoms with van der Waals surface area (Å²) in [6.45, 7) is 8.23. The molecular formula is C25H31N3O3. The lowest BCUT2D eigenvalue weighted by molar-refractivity contribution is -0.137. The number of nitrogens with zero attached hydrogens (tertiary/aromatic N) is 3. The van der Waals surface area contributed by atoms with Gasteiger partial charge in [0, 0.05) is 45.7 Å². The molecule has 3 rings (SSSR count). The van der Waals surface area contributed by atoms with Crippen LogP contribution >= 0.6 is 0 Å². The minimum atomic E-state index is -0.221. The van der Waals surface area contributed by atoms with Gasteiger partial charge in [-0.1, -0.05) is 18.2 Å². The summed E-state index contributed by atoms with van der Waals surface area (Å²) in [4.78, 5) is 34.3. The van der Waals surface area contributed by atoms with Crippen molar-refractivity contribution in [3.63, 3.8) is 0 Å². The predicted octanol–water partition coefficient (Wildman–Crippen LogP) is 3.38. The van der Waals surface area contributed by atoms with Crippen molar-refractivity contribution in [2.45, 2.75) is 33.6 Å². The molecule has 0 radical (unpaired) electrons. The summed E-state index contributed by atoms with van der Waals surface area (Å²) < 4.78 is 5.12. The van der Waals surface area contributed by atoms with Gasteiger partial charge in [0.15, 0.2) is 0 Å². The van der Waals surface area contributed by atoms with E-state index < -0.39 is 0 Å². The zero-order valence-corrected chi connectivity index (χ0v) is 18.9. The molecule has 0 spiro atoms. The van der Waals surface area contributed by atoms with Crippen LogP contribution < -0.4 is 0 Å². The fraction of sp³-hybridized carbons (Fsp3) is 0.400. The van der Waals surface area contributed by atoms with E-state index in [1.54, 1.807) is 19.5 Å². The van der Waals surface area contributed by atoms with E-state index in [2.05, 4.69) is 4.98 Å². The van der Waals surface area contributed by atoms with Gasteiger partial charge < -0.3 is 9.64 Å². The van der Waals surface area contributed by atoms with Gasteiger partial charge in [-0.25, -0.2) is 0 Å². The van der Waals surface area contributed by atoms with Crippen molar-refractivity contribution in [2.75, 3.05) is 33.4 Å². The third-order valence-corrected chi connectivity index (χ3v) is 5.79. The first-order valence-corrected chi connectivity index (χ1v) is 10.8. The van der Waals surface area contributed by atoms with Gasteiger partial charge >= 0.3 is 0 Å². The van der Waals surface area contributed by atoms with Gasteiger partial charge in [0.05, 0.1) is 5.57 Å². The molecule has 1 aromatic heterocycles. The number of carbonyl (C=O) groups excluding carboxylic acids is 2. The predicted molar refractivity (Wildman–Crippen MR) is 121 cm³/mol. The van der Waals surface area contributed by atoms with Gasteiger partial charge in [-0.3, -0.25) is 19.5 Å².